The van der Waals surface area contributed by atoms with Crippen molar-refractivity contribution in [2.24, 2.45) is 0 Å². The molecular formula is C10H7Cl2F3O2. The van der Waals surface area contributed by atoms with E-state index < -0.39 is 17.9 Å². The molecule has 2 nitrogen and oxygen atoms in total. The first-order valence-corrected chi connectivity index (χ1v) is 5.35. The van der Waals surface area contributed by atoms with Gasteiger partial charge in [0.1, 0.15) is 5.75 Å². The molecule has 0 heterocycles. The number of hydrogen-bond donors (Lipinski definition) is 0. The second-order valence-electron chi connectivity index (χ2n) is 3.15. The summed E-state index contributed by atoms with van der Waals surface area (Å²) >= 11 is 10.8. The van der Waals surface area contributed by atoms with Gasteiger partial charge in [-0.3, -0.25) is 4.79 Å². The molecule has 0 saturated heterocycles. The number of hydrogen-bond acceptors (Lipinski definition) is 2. The highest BCUT2D eigenvalue weighted by Crippen LogP contribution is 2.29. The Morgan fingerprint density at radius 2 is 2.00 bits per heavy atom. The van der Waals surface area contributed by atoms with E-state index in [1.54, 1.807) is 0 Å². The van der Waals surface area contributed by atoms with E-state index in [9.17, 15) is 18.0 Å². The van der Waals surface area contributed by atoms with Gasteiger partial charge in [-0.05, 0) is 12.1 Å². The minimum atomic E-state index is -4.83. The third-order valence-electron chi connectivity index (χ3n) is 1.79. The Morgan fingerprint density at radius 3 is 2.53 bits per heavy atom. The molecule has 1 rings (SSSR count). The number of Topliss-reactive ketones (excluding diaryl/α,β-unsaturated/α-hetero) is 1. The highest BCUT2D eigenvalue weighted by Gasteiger charge is 2.32. The monoisotopic (exact) mass is 286 g/mol. The highest BCUT2D eigenvalue weighted by molar-refractivity contribution is 6.30. The zero-order valence-corrected chi connectivity index (χ0v) is 9.86. The summed E-state index contributed by atoms with van der Waals surface area (Å²) in [5.41, 5.74) is 0.0948. The van der Waals surface area contributed by atoms with Crippen molar-refractivity contribution in [3.63, 3.8) is 0 Å². The Morgan fingerprint density at radius 1 is 1.35 bits per heavy atom. The lowest BCUT2D eigenvalue weighted by Crippen LogP contribution is -2.19. The van der Waals surface area contributed by atoms with Crippen molar-refractivity contribution in [2.75, 3.05) is 5.88 Å². The number of alkyl halides is 4. The van der Waals surface area contributed by atoms with Crippen LogP contribution in [0.2, 0.25) is 5.02 Å². The van der Waals surface area contributed by atoms with Gasteiger partial charge in [0, 0.05) is 17.0 Å². The van der Waals surface area contributed by atoms with Gasteiger partial charge in [-0.2, -0.15) is 0 Å². The maximum absolute atomic E-state index is 12.1. The van der Waals surface area contributed by atoms with Crippen LogP contribution < -0.4 is 4.74 Å². The number of ketones is 1. The predicted octanol–water partition coefficient (Wildman–Crippen LogP) is 3.59. The summed E-state index contributed by atoms with van der Waals surface area (Å²) in [5, 5.41) is 0.0892. The first-order valence-electron chi connectivity index (χ1n) is 4.43. The van der Waals surface area contributed by atoms with Gasteiger partial charge in [0.2, 0.25) is 0 Å². The van der Waals surface area contributed by atoms with Crippen molar-refractivity contribution in [3.8, 4) is 5.75 Å². The molecule has 0 radical (unpaired) electrons. The van der Waals surface area contributed by atoms with Crippen LogP contribution in [0.5, 0.6) is 5.75 Å². The third kappa shape index (κ3) is 4.83. The van der Waals surface area contributed by atoms with Crippen molar-refractivity contribution in [1.29, 1.82) is 0 Å². The SMILES string of the molecule is O=C(CCl)Cc1ccc(Cl)cc1OC(F)(F)F. The van der Waals surface area contributed by atoms with E-state index in [-0.39, 0.29) is 22.9 Å². The van der Waals surface area contributed by atoms with E-state index in [4.69, 9.17) is 23.2 Å². The summed E-state index contributed by atoms with van der Waals surface area (Å²) in [6, 6.07) is 3.68. The summed E-state index contributed by atoms with van der Waals surface area (Å²) in [4.78, 5) is 11.1. The Balaban J connectivity index is 2.99. The molecule has 1 aromatic rings. The average Bonchev–Trinajstić information content (AvgIpc) is 2.19. The standard InChI is InChI=1S/C10H7Cl2F3O2/c11-5-8(16)3-6-1-2-7(12)4-9(6)17-10(13,14)15/h1-2,4H,3,5H2. The Kier molecular flexibility index (Phi) is 4.65. The fourth-order valence-electron chi connectivity index (χ4n) is 1.15. The minimum absolute atomic E-state index is 0.0892. The summed E-state index contributed by atoms with van der Waals surface area (Å²) in [7, 11) is 0. The number of ether oxygens (including phenoxy) is 1. The van der Waals surface area contributed by atoms with Crippen LogP contribution in [0.3, 0.4) is 0 Å². The molecule has 0 aromatic heterocycles. The maximum atomic E-state index is 12.1. The van der Waals surface area contributed by atoms with Gasteiger partial charge < -0.3 is 4.74 Å². The lowest BCUT2D eigenvalue weighted by Gasteiger charge is -2.13. The summed E-state index contributed by atoms with van der Waals surface area (Å²) in [6.45, 7) is 0. The summed E-state index contributed by atoms with van der Waals surface area (Å²) in [5.74, 6) is -1.15. The molecule has 0 atom stereocenters. The number of carbonyl (C=O) groups excluding carboxylic acids is 1. The third-order valence-corrected chi connectivity index (χ3v) is 2.32. The lowest BCUT2D eigenvalue weighted by molar-refractivity contribution is -0.274. The molecule has 94 valence electrons. The fraction of sp³-hybridized carbons (Fsp3) is 0.300. The Hall–Kier alpha value is -0.940. The topological polar surface area (TPSA) is 26.3 Å². The van der Waals surface area contributed by atoms with Crippen LogP contribution in [0, 0.1) is 0 Å². The van der Waals surface area contributed by atoms with Crippen molar-refractivity contribution < 1.29 is 22.7 Å². The molecule has 0 N–H and O–H groups in total. The van der Waals surface area contributed by atoms with Gasteiger partial charge in [-0.25, -0.2) is 0 Å². The van der Waals surface area contributed by atoms with Crippen LogP contribution in [-0.4, -0.2) is 18.0 Å². The molecule has 0 aliphatic rings. The fourth-order valence-corrected chi connectivity index (χ4v) is 1.41. The van der Waals surface area contributed by atoms with Gasteiger partial charge in [0.15, 0.2) is 5.78 Å². The molecule has 0 fully saturated rings. The molecule has 0 aliphatic carbocycles. The largest absolute Gasteiger partial charge is 0.573 e. The van der Waals surface area contributed by atoms with E-state index >= 15 is 0 Å². The van der Waals surface area contributed by atoms with Crippen LogP contribution in [0.15, 0.2) is 18.2 Å². The van der Waals surface area contributed by atoms with Gasteiger partial charge >= 0.3 is 6.36 Å². The van der Waals surface area contributed by atoms with Crippen LogP contribution in [-0.2, 0) is 11.2 Å². The highest BCUT2D eigenvalue weighted by atomic mass is 35.5. The molecule has 0 spiro atoms. The average molecular weight is 287 g/mol. The van der Waals surface area contributed by atoms with Crippen LogP contribution in [0.1, 0.15) is 5.56 Å². The molecule has 17 heavy (non-hydrogen) atoms. The lowest BCUT2D eigenvalue weighted by atomic mass is 10.1. The zero-order chi connectivity index (χ0) is 13.1. The molecular weight excluding hydrogens is 280 g/mol. The normalized spacial score (nSPS) is 11.4. The summed E-state index contributed by atoms with van der Waals surface area (Å²) in [6.07, 6.45) is -5.06. The predicted molar refractivity (Wildman–Crippen MR) is 57.6 cm³/mol. The number of halogens is 5. The zero-order valence-electron chi connectivity index (χ0n) is 8.35. The van der Waals surface area contributed by atoms with Crippen LogP contribution >= 0.6 is 23.2 Å². The van der Waals surface area contributed by atoms with Gasteiger partial charge in [-0.15, -0.1) is 24.8 Å². The molecule has 0 saturated carbocycles. The Bertz CT molecular complexity index is 419. The minimum Gasteiger partial charge on any atom is -0.405 e. The van der Waals surface area contributed by atoms with E-state index in [1.807, 2.05) is 0 Å². The van der Waals surface area contributed by atoms with Crippen molar-refractivity contribution in [2.45, 2.75) is 12.8 Å². The van der Waals surface area contributed by atoms with E-state index in [2.05, 4.69) is 4.74 Å². The van der Waals surface area contributed by atoms with Gasteiger partial charge in [0.25, 0.3) is 0 Å². The molecule has 1 aromatic carbocycles. The second kappa shape index (κ2) is 5.60. The second-order valence-corrected chi connectivity index (χ2v) is 3.85. The van der Waals surface area contributed by atoms with Gasteiger partial charge in [-0.1, -0.05) is 17.7 Å². The molecule has 0 amide bonds. The van der Waals surface area contributed by atoms with Crippen molar-refractivity contribution in [3.05, 3.63) is 28.8 Å². The van der Waals surface area contributed by atoms with Crippen molar-refractivity contribution >= 4 is 29.0 Å². The first kappa shape index (κ1) is 14.1. The number of carbonyl (C=O) groups is 1. The van der Waals surface area contributed by atoms with E-state index in [0.29, 0.717) is 0 Å². The van der Waals surface area contributed by atoms with Crippen LogP contribution in [0.4, 0.5) is 13.2 Å². The summed E-state index contributed by atoms with van der Waals surface area (Å²) < 4.78 is 40.1. The van der Waals surface area contributed by atoms with E-state index in [1.165, 1.54) is 12.1 Å². The maximum Gasteiger partial charge on any atom is 0.573 e. The molecule has 0 unspecified atom stereocenters. The molecule has 0 aliphatic heterocycles. The van der Waals surface area contributed by atoms with Crippen molar-refractivity contribution in [1.82, 2.24) is 0 Å². The Labute approximate surface area is 105 Å². The van der Waals surface area contributed by atoms with E-state index in [0.717, 1.165) is 6.07 Å². The number of benzene rings is 1. The first-order chi connectivity index (χ1) is 7.81. The molecule has 0 bridgehead atoms. The molecule has 7 heteroatoms. The quantitative estimate of drug-likeness (QED) is 0.791. The van der Waals surface area contributed by atoms with Gasteiger partial charge in [0.05, 0.1) is 5.88 Å². The smallest absolute Gasteiger partial charge is 0.405 e. The number of rotatable bonds is 4. The van der Waals surface area contributed by atoms with Crippen LogP contribution in [0.25, 0.3) is 0 Å².